The quantitative estimate of drug-likeness (QED) is 0.744. The second kappa shape index (κ2) is 7.53. The van der Waals surface area contributed by atoms with Gasteiger partial charge in [-0.25, -0.2) is 13.1 Å². The molecule has 2 N–H and O–H groups in total. The van der Waals surface area contributed by atoms with Crippen molar-refractivity contribution in [1.82, 2.24) is 9.71 Å². The van der Waals surface area contributed by atoms with Crippen LogP contribution < -0.4 is 9.60 Å². The number of aromatic nitrogens is 1. The van der Waals surface area contributed by atoms with Gasteiger partial charge in [0.1, 0.15) is 0 Å². The van der Waals surface area contributed by atoms with Crippen LogP contribution in [0.25, 0.3) is 0 Å². The Kier molecular flexibility index (Phi) is 5.98. The highest BCUT2D eigenvalue weighted by atomic mass is 32.2. The van der Waals surface area contributed by atoms with E-state index in [4.69, 9.17) is 4.74 Å². The highest BCUT2D eigenvalue weighted by molar-refractivity contribution is 7.91. The van der Waals surface area contributed by atoms with Crippen molar-refractivity contribution in [2.24, 2.45) is 0 Å². The van der Waals surface area contributed by atoms with Gasteiger partial charge in [0.2, 0.25) is 0 Å². The van der Waals surface area contributed by atoms with Gasteiger partial charge in [-0.05, 0) is 26.2 Å². The second-order valence-electron chi connectivity index (χ2n) is 5.31. The molecular weight excluding hydrogens is 312 g/mol. The Morgan fingerprint density at radius 2 is 2.05 bits per heavy atom. The van der Waals surface area contributed by atoms with Crippen LogP contribution in [0.4, 0.5) is 0 Å². The van der Waals surface area contributed by atoms with E-state index >= 15 is 0 Å². The zero-order chi connectivity index (χ0) is 15.3. The molecule has 0 radical (unpaired) electrons. The largest absolute Gasteiger partial charge is 0.378 e. The third kappa shape index (κ3) is 4.91. The molecule has 0 saturated heterocycles. The summed E-state index contributed by atoms with van der Waals surface area (Å²) in [5.41, 5.74) is 0.385. The molecule has 120 valence electrons. The van der Waals surface area contributed by atoms with Crippen molar-refractivity contribution >= 4 is 21.4 Å². The number of aryl methyl sites for hydroxylation is 1. The molecule has 0 aromatic carbocycles. The van der Waals surface area contributed by atoms with Gasteiger partial charge in [-0.3, -0.25) is 4.79 Å². The van der Waals surface area contributed by atoms with E-state index in [1.165, 1.54) is 19.3 Å². The monoisotopic (exact) mass is 334 g/mol. The molecule has 21 heavy (non-hydrogen) atoms. The van der Waals surface area contributed by atoms with Crippen LogP contribution >= 0.6 is 11.3 Å². The fourth-order valence-corrected chi connectivity index (χ4v) is 4.89. The zero-order valence-corrected chi connectivity index (χ0v) is 13.8. The number of nitrogens with one attached hydrogen (secondary N) is 2. The number of H-pyrrole nitrogens is 1. The molecule has 1 aromatic rings. The Bertz CT molecular complexity index is 600. The van der Waals surface area contributed by atoms with Crippen LogP contribution in [-0.4, -0.2) is 32.7 Å². The van der Waals surface area contributed by atoms with Gasteiger partial charge in [-0.15, -0.1) is 0 Å². The van der Waals surface area contributed by atoms with Crippen LogP contribution in [-0.2, 0) is 14.8 Å². The molecule has 1 fully saturated rings. The molecule has 1 aliphatic rings. The van der Waals surface area contributed by atoms with Crippen molar-refractivity contribution in [3.05, 3.63) is 15.4 Å². The van der Waals surface area contributed by atoms with E-state index in [-0.39, 0.29) is 9.08 Å². The van der Waals surface area contributed by atoms with Gasteiger partial charge in [0.25, 0.3) is 10.0 Å². The maximum atomic E-state index is 12.0. The van der Waals surface area contributed by atoms with Gasteiger partial charge in [0, 0.05) is 18.8 Å². The van der Waals surface area contributed by atoms with E-state index in [1.807, 2.05) is 0 Å². The summed E-state index contributed by atoms with van der Waals surface area (Å²) in [5.74, 6) is 0. The Hall–Kier alpha value is -0.700. The lowest BCUT2D eigenvalue weighted by molar-refractivity contribution is 0.0278. The predicted octanol–water partition coefficient (Wildman–Crippen LogP) is 1.76. The minimum atomic E-state index is -3.59. The van der Waals surface area contributed by atoms with E-state index in [1.54, 1.807) is 6.92 Å². The lowest BCUT2D eigenvalue weighted by atomic mass is 9.98. The highest BCUT2D eigenvalue weighted by Gasteiger charge is 2.20. The molecule has 8 heteroatoms. The van der Waals surface area contributed by atoms with E-state index in [0.717, 1.165) is 12.8 Å². The molecule has 2 rings (SSSR count). The predicted molar refractivity (Wildman–Crippen MR) is 82.3 cm³/mol. The number of hydrogen-bond acceptors (Lipinski definition) is 5. The smallest absolute Gasteiger partial charge is 0.305 e. The fraction of sp³-hybridized carbons (Fsp3) is 0.769. The van der Waals surface area contributed by atoms with Crippen molar-refractivity contribution in [3.63, 3.8) is 0 Å². The SMILES string of the molecule is Cc1[nH]c(=O)sc1S(=O)(=O)NCCCOC1CCCCC1. The summed E-state index contributed by atoms with van der Waals surface area (Å²) in [6, 6.07) is 0. The third-order valence-electron chi connectivity index (χ3n) is 3.54. The first-order valence-electron chi connectivity index (χ1n) is 7.30. The van der Waals surface area contributed by atoms with Crippen LogP contribution in [0.3, 0.4) is 0 Å². The minimum Gasteiger partial charge on any atom is -0.378 e. The topological polar surface area (TPSA) is 88.3 Å². The number of rotatable bonds is 7. The summed E-state index contributed by atoms with van der Waals surface area (Å²) >= 11 is 0.715. The van der Waals surface area contributed by atoms with E-state index in [2.05, 4.69) is 9.71 Å². The van der Waals surface area contributed by atoms with Gasteiger partial charge in [-0.1, -0.05) is 30.6 Å². The van der Waals surface area contributed by atoms with Crippen LogP contribution in [0.15, 0.2) is 9.00 Å². The molecule has 0 amide bonds. The van der Waals surface area contributed by atoms with Crippen molar-refractivity contribution in [3.8, 4) is 0 Å². The van der Waals surface area contributed by atoms with Crippen LogP contribution in [0, 0.1) is 6.92 Å². The summed E-state index contributed by atoms with van der Waals surface area (Å²) in [6.45, 7) is 2.47. The summed E-state index contributed by atoms with van der Waals surface area (Å²) in [7, 11) is -3.59. The summed E-state index contributed by atoms with van der Waals surface area (Å²) in [4.78, 5) is 13.3. The second-order valence-corrected chi connectivity index (χ2v) is 8.25. The van der Waals surface area contributed by atoms with Crippen LogP contribution in [0.5, 0.6) is 0 Å². The van der Waals surface area contributed by atoms with Gasteiger partial charge >= 0.3 is 4.87 Å². The van der Waals surface area contributed by atoms with Gasteiger partial charge < -0.3 is 9.72 Å². The third-order valence-corrected chi connectivity index (χ3v) is 6.61. The zero-order valence-electron chi connectivity index (χ0n) is 12.2. The summed E-state index contributed by atoms with van der Waals surface area (Å²) in [6.07, 6.45) is 6.94. The number of hydrogen-bond donors (Lipinski definition) is 2. The Labute approximate surface area is 129 Å². The average molecular weight is 334 g/mol. The first kappa shape index (κ1) is 16.7. The lowest BCUT2D eigenvalue weighted by Gasteiger charge is -2.21. The maximum Gasteiger partial charge on any atom is 0.305 e. The van der Waals surface area contributed by atoms with Gasteiger partial charge in [0.15, 0.2) is 4.21 Å². The fourth-order valence-electron chi connectivity index (χ4n) is 2.47. The molecule has 0 spiro atoms. The summed E-state index contributed by atoms with van der Waals surface area (Å²) in [5, 5.41) is 0. The van der Waals surface area contributed by atoms with E-state index in [9.17, 15) is 13.2 Å². The standard InChI is InChI=1S/C13H22N2O4S2/c1-10-12(20-13(16)15-10)21(17,18)14-8-5-9-19-11-6-3-2-4-7-11/h11,14H,2-9H2,1H3,(H,15,16). The molecule has 1 aromatic heterocycles. The Morgan fingerprint density at radius 3 is 2.67 bits per heavy atom. The van der Waals surface area contributed by atoms with Crippen LogP contribution in [0.2, 0.25) is 0 Å². The molecule has 0 aliphatic heterocycles. The minimum absolute atomic E-state index is 0.0701. The molecule has 1 aliphatic carbocycles. The number of aromatic amines is 1. The van der Waals surface area contributed by atoms with Crippen molar-refractivity contribution in [1.29, 1.82) is 0 Å². The Morgan fingerprint density at radius 1 is 1.33 bits per heavy atom. The number of ether oxygens (including phenoxy) is 1. The first-order valence-corrected chi connectivity index (χ1v) is 9.60. The van der Waals surface area contributed by atoms with Crippen molar-refractivity contribution in [2.75, 3.05) is 13.2 Å². The molecule has 0 bridgehead atoms. The van der Waals surface area contributed by atoms with Crippen molar-refractivity contribution in [2.45, 2.75) is 55.8 Å². The van der Waals surface area contributed by atoms with Gasteiger partial charge in [-0.2, -0.15) is 0 Å². The molecule has 1 heterocycles. The molecular formula is C13H22N2O4S2. The average Bonchev–Trinajstić information content (AvgIpc) is 2.79. The number of sulfonamides is 1. The summed E-state index contributed by atoms with van der Waals surface area (Å²) < 4.78 is 32.4. The molecule has 6 nitrogen and oxygen atoms in total. The highest BCUT2D eigenvalue weighted by Crippen LogP contribution is 2.20. The molecule has 0 atom stereocenters. The van der Waals surface area contributed by atoms with Crippen LogP contribution in [0.1, 0.15) is 44.2 Å². The normalized spacial score (nSPS) is 17.2. The van der Waals surface area contributed by atoms with E-state index < -0.39 is 10.0 Å². The van der Waals surface area contributed by atoms with Gasteiger partial charge in [0.05, 0.1) is 6.10 Å². The lowest BCUT2D eigenvalue weighted by Crippen LogP contribution is -2.26. The molecule has 1 saturated carbocycles. The van der Waals surface area contributed by atoms with E-state index in [0.29, 0.717) is 42.7 Å². The van der Waals surface area contributed by atoms with Crippen molar-refractivity contribution < 1.29 is 13.2 Å². The maximum absolute atomic E-state index is 12.0. The first-order chi connectivity index (χ1) is 9.99. The number of thiazole rings is 1. The Balaban J connectivity index is 1.72. The molecule has 0 unspecified atom stereocenters.